The van der Waals surface area contributed by atoms with Crippen molar-refractivity contribution in [3.63, 3.8) is 0 Å². The molecule has 0 aliphatic rings. The molecule has 5 heteroatoms. The second kappa shape index (κ2) is 6.23. The van der Waals surface area contributed by atoms with Crippen molar-refractivity contribution in [2.75, 3.05) is 6.54 Å². The van der Waals surface area contributed by atoms with Gasteiger partial charge in [-0.05, 0) is 26.0 Å². The fraction of sp³-hybridized carbons (Fsp3) is 0.533. The van der Waals surface area contributed by atoms with Gasteiger partial charge in [0.25, 0.3) is 5.91 Å². The van der Waals surface area contributed by atoms with Crippen LogP contribution in [0.15, 0.2) is 12.1 Å². The van der Waals surface area contributed by atoms with Crippen molar-refractivity contribution in [3.05, 3.63) is 28.5 Å². The molecule has 0 N–H and O–H groups in total. The van der Waals surface area contributed by atoms with Crippen molar-refractivity contribution < 1.29 is 4.79 Å². The fourth-order valence-corrected chi connectivity index (χ4v) is 1.94. The lowest BCUT2D eigenvalue weighted by atomic mass is 9.90. The van der Waals surface area contributed by atoms with Gasteiger partial charge in [-0.3, -0.25) is 4.79 Å². The lowest BCUT2D eigenvalue weighted by Crippen LogP contribution is -2.37. The third kappa shape index (κ3) is 3.94. The number of rotatable bonds is 3. The van der Waals surface area contributed by atoms with E-state index >= 15 is 0 Å². The average Bonchev–Trinajstić information content (AvgIpc) is 2.33. The Morgan fingerprint density at radius 3 is 2.50 bits per heavy atom. The third-order valence-electron chi connectivity index (χ3n) is 2.93. The molecule has 0 fully saturated rings. The summed E-state index contributed by atoms with van der Waals surface area (Å²) >= 11 is 6.01. The number of carbonyl (C=O) groups excluding carboxylic acids is 1. The van der Waals surface area contributed by atoms with E-state index in [2.05, 4.69) is 4.98 Å². The number of halogens is 1. The van der Waals surface area contributed by atoms with Gasteiger partial charge < -0.3 is 4.90 Å². The predicted molar refractivity (Wildman–Crippen MR) is 79.7 cm³/mol. The summed E-state index contributed by atoms with van der Waals surface area (Å²) in [5, 5.41) is 9.13. The average molecular weight is 294 g/mol. The molecule has 0 saturated carbocycles. The van der Waals surface area contributed by atoms with E-state index in [0.717, 1.165) is 5.69 Å². The van der Waals surface area contributed by atoms with E-state index in [9.17, 15) is 4.79 Å². The number of carbonyl (C=O) groups is 1. The van der Waals surface area contributed by atoms with E-state index in [1.165, 1.54) is 4.90 Å². The highest BCUT2D eigenvalue weighted by molar-refractivity contribution is 6.29. The molecule has 20 heavy (non-hydrogen) atoms. The van der Waals surface area contributed by atoms with Crippen molar-refractivity contribution in [1.82, 2.24) is 9.88 Å². The van der Waals surface area contributed by atoms with Crippen LogP contribution in [0.3, 0.4) is 0 Å². The maximum absolute atomic E-state index is 12.5. The summed E-state index contributed by atoms with van der Waals surface area (Å²) in [5.74, 6) is -0.198. The molecule has 0 atom stereocenters. The van der Waals surface area contributed by atoms with Gasteiger partial charge >= 0.3 is 0 Å². The van der Waals surface area contributed by atoms with E-state index in [1.54, 1.807) is 12.1 Å². The second-order valence-electron chi connectivity index (χ2n) is 6.00. The van der Waals surface area contributed by atoms with E-state index in [0.29, 0.717) is 10.7 Å². The SMILES string of the molecule is CC(C)N(CC#N)C(=O)c1cc(Cl)nc(C(C)(C)C)c1. The maximum Gasteiger partial charge on any atom is 0.255 e. The molecule has 1 amide bonds. The number of nitriles is 1. The zero-order valence-electron chi connectivity index (χ0n) is 12.6. The van der Waals surface area contributed by atoms with Gasteiger partial charge in [0.1, 0.15) is 11.7 Å². The van der Waals surface area contributed by atoms with Gasteiger partial charge in [0.2, 0.25) is 0 Å². The van der Waals surface area contributed by atoms with Crippen LogP contribution in [0.5, 0.6) is 0 Å². The summed E-state index contributed by atoms with van der Waals surface area (Å²) in [5.41, 5.74) is 1.03. The van der Waals surface area contributed by atoms with Gasteiger partial charge in [0.05, 0.1) is 6.07 Å². The van der Waals surface area contributed by atoms with Crippen molar-refractivity contribution in [3.8, 4) is 6.07 Å². The molecule has 0 radical (unpaired) electrons. The van der Waals surface area contributed by atoms with Gasteiger partial charge in [-0.2, -0.15) is 5.26 Å². The third-order valence-corrected chi connectivity index (χ3v) is 3.13. The van der Waals surface area contributed by atoms with Gasteiger partial charge in [-0.1, -0.05) is 32.4 Å². The van der Waals surface area contributed by atoms with E-state index in [4.69, 9.17) is 16.9 Å². The standard InChI is InChI=1S/C15H20ClN3O/c1-10(2)19(7-6-17)14(20)11-8-12(15(3,4)5)18-13(16)9-11/h8-10H,7H2,1-5H3. The number of hydrogen-bond donors (Lipinski definition) is 0. The second-order valence-corrected chi connectivity index (χ2v) is 6.39. The Hall–Kier alpha value is -1.60. The Morgan fingerprint density at radius 2 is 2.05 bits per heavy atom. The summed E-state index contributed by atoms with van der Waals surface area (Å²) in [4.78, 5) is 18.3. The molecule has 1 aromatic rings. The summed E-state index contributed by atoms with van der Waals surface area (Å²) in [6.07, 6.45) is 0. The first-order chi connectivity index (χ1) is 9.16. The number of nitrogens with zero attached hydrogens (tertiary/aromatic N) is 3. The lowest BCUT2D eigenvalue weighted by molar-refractivity contribution is 0.0731. The smallest absolute Gasteiger partial charge is 0.255 e. The predicted octanol–water partition coefficient (Wildman–Crippen LogP) is 3.41. The Balaban J connectivity index is 3.22. The molecule has 0 aliphatic heterocycles. The number of hydrogen-bond acceptors (Lipinski definition) is 3. The summed E-state index contributed by atoms with van der Waals surface area (Å²) < 4.78 is 0. The van der Waals surface area contributed by atoms with Gasteiger partial charge in [-0.15, -0.1) is 0 Å². The molecule has 0 aliphatic carbocycles. The molecule has 108 valence electrons. The van der Waals surface area contributed by atoms with Crippen LogP contribution in [0, 0.1) is 11.3 Å². The highest BCUT2D eigenvalue weighted by atomic mass is 35.5. The lowest BCUT2D eigenvalue weighted by Gasteiger charge is -2.25. The molecular weight excluding hydrogens is 274 g/mol. The van der Waals surface area contributed by atoms with Gasteiger partial charge in [0.15, 0.2) is 0 Å². The minimum Gasteiger partial charge on any atom is -0.323 e. The van der Waals surface area contributed by atoms with Crippen LogP contribution in [-0.4, -0.2) is 28.4 Å². The first kappa shape index (κ1) is 16.5. The molecular formula is C15H20ClN3O. The molecule has 1 rings (SSSR count). The first-order valence-corrected chi connectivity index (χ1v) is 6.90. The van der Waals surface area contributed by atoms with Crippen molar-refractivity contribution in [1.29, 1.82) is 5.26 Å². The number of aromatic nitrogens is 1. The molecule has 0 spiro atoms. The number of pyridine rings is 1. The van der Waals surface area contributed by atoms with Crippen molar-refractivity contribution in [2.24, 2.45) is 0 Å². The topological polar surface area (TPSA) is 57.0 Å². The Labute approximate surface area is 125 Å². The highest BCUT2D eigenvalue weighted by Crippen LogP contribution is 2.24. The molecule has 0 unspecified atom stereocenters. The van der Waals surface area contributed by atoms with Crippen LogP contribution in [-0.2, 0) is 5.41 Å². The van der Waals surface area contributed by atoms with Crippen LogP contribution >= 0.6 is 11.6 Å². The minimum absolute atomic E-state index is 0.0489. The molecule has 0 bridgehead atoms. The maximum atomic E-state index is 12.5. The van der Waals surface area contributed by atoms with E-state index in [1.807, 2.05) is 40.7 Å². The molecule has 0 aromatic carbocycles. The van der Waals surface area contributed by atoms with Crippen LogP contribution in [0.2, 0.25) is 5.15 Å². The fourth-order valence-electron chi connectivity index (χ4n) is 1.74. The Bertz CT molecular complexity index is 541. The van der Waals surface area contributed by atoms with Gasteiger partial charge in [-0.25, -0.2) is 4.98 Å². The Morgan fingerprint density at radius 1 is 1.45 bits per heavy atom. The molecule has 1 aromatic heterocycles. The molecule has 4 nitrogen and oxygen atoms in total. The minimum atomic E-state index is -0.198. The summed E-state index contributed by atoms with van der Waals surface area (Å²) in [6.45, 7) is 9.84. The molecule has 1 heterocycles. The van der Waals surface area contributed by atoms with Crippen molar-refractivity contribution >= 4 is 17.5 Å². The van der Waals surface area contributed by atoms with Crippen molar-refractivity contribution in [2.45, 2.75) is 46.1 Å². The first-order valence-electron chi connectivity index (χ1n) is 6.52. The van der Waals surface area contributed by atoms with Crippen LogP contribution in [0.25, 0.3) is 0 Å². The highest BCUT2D eigenvalue weighted by Gasteiger charge is 2.23. The Kier molecular flexibility index (Phi) is 5.13. The monoisotopic (exact) mass is 293 g/mol. The summed E-state index contributed by atoms with van der Waals surface area (Å²) in [6, 6.07) is 5.27. The normalized spacial score (nSPS) is 11.3. The quantitative estimate of drug-likeness (QED) is 0.634. The van der Waals surface area contributed by atoms with Gasteiger partial charge in [0, 0.05) is 22.7 Å². The van der Waals surface area contributed by atoms with Crippen LogP contribution < -0.4 is 0 Å². The molecule has 0 saturated heterocycles. The largest absolute Gasteiger partial charge is 0.323 e. The summed E-state index contributed by atoms with van der Waals surface area (Å²) in [7, 11) is 0. The number of amides is 1. The zero-order valence-corrected chi connectivity index (χ0v) is 13.3. The van der Waals surface area contributed by atoms with Crippen LogP contribution in [0.1, 0.15) is 50.7 Å². The van der Waals surface area contributed by atoms with Crippen LogP contribution in [0.4, 0.5) is 0 Å². The van der Waals surface area contributed by atoms with E-state index in [-0.39, 0.29) is 23.9 Å². The van der Waals surface area contributed by atoms with E-state index < -0.39 is 0 Å². The zero-order chi connectivity index (χ0) is 15.5.